The first-order chi connectivity index (χ1) is 16.5. The molecule has 2 amide bonds. The Morgan fingerprint density at radius 1 is 0.882 bits per heavy atom. The smallest absolute Gasteiger partial charge is 0.258 e. The number of aromatic nitrogens is 3. The summed E-state index contributed by atoms with van der Waals surface area (Å²) in [4.78, 5) is 30.1. The maximum atomic E-state index is 13.7. The second-order valence-electron chi connectivity index (χ2n) is 8.48. The van der Waals surface area contributed by atoms with Crippen molar-refractivity contribution in [3.05, 3.63) is 103 Å². The molecule has 0 unspecified atom stereocenters. The summed E-state index contributed by atoms with van der Waals surface area (Å²) in [5.41, 5.74) is 4.14. The third kappa shape index (κ3) is 3.85. The molecule has 0 spiro atoms. The lowest BCUT2D eigenvalue weighted by Crippen LogP contribution is -2.47. The number of rotatable bonds is 4. The van der Waals surface area contributed by atoms with Crippen LogP contribution in [-0.4, -0.2) is 32.6 Å². The van der Waals surface area contributed by atoms with Crippen LogP contribution in [0.3, 0.4) is 0 Å². The molecule has 7 nitrogen and oxygen atoms in total. The molecule has 0 saturated carbocycles. The molecule has 2 atom stereocenters. The summed E-state index contributed by atoms with van der Waals surface area (Å²) >= 11 is 0. The van der Waals surface area contributed by atoms with E-state index in [0.29, 0.717) is 12.0 Å². The highest BCUT2D eigenvalue weighted by atomic mass is 16.2. The van der Waals surface area contributed by atoms with Crippen LogP contribution in [0, 0.1) is 0 Å². The van der Waals surface area contributed by atoms with Crippen molar-refractivity contribution in [3.63, 3.8) is 0 Å². The van der Waals surface area contributed by atoms with Crippen molar-refractivity contribution in [3.8, 4) is 5.69 Å². The molecule has 1 aromatic heterocycles. The molecule has 170 valence electrons. The van der Waals surface area contributed by atoms with Crippen molar-refractivity contribution in [1.29, 1.82) is 0 Å². The number of nitrogens with zero attached hydrogens (tertiary/aromatic N) is 5. The predicted molar refractivity (Wildman–Crippen MR) is 131 cm³/mol. The van der Waals surface area contributed by atoms with Crippen molar-refractivity contribution in [2.75, 3.05) is 9.80 Å². The normalized spacial score (nSPS) is 17.2. The zero-order valence-corrected chi connectivity index (χ0v) is 19.1. The number of anilines is 2. The van der Waals surface area contributed by atoms with Crippen molar-refractivity contribution >= 4 is 23.2 Å². The monoisotopic (exact) mass is 451 g/mol. The highest BCUT2D eigenvalue weighted by Crippen LogP contribution is 2.42. The molecule has 0 saturated heterocycles. The molecule has 5 rings (SSSR count). The maximum Gasteiger partial charge on any atom is 0.258 e. The van der Waals surface area contributed by atoms with Crippen LogP contribution in [-0.2, 0) is 4.79 Å². The standard InChI is InChI=1S/C27H25N5O2/c1-19-16-26(32(20(2)33)23-8-4-3-5-9-23)24-10-6-7-11-25(24)31(19)27(34)21-12-14-22(15-13-21)30-17-28-29-18-30/h3-15,17-19,26H,16H2,1-2H3/t19-,26+/m0/s1. The zero-order valence-electron chi connectivity index (χ0n) is 19.1. The summed E-state index contributed by atoms with van der Waals surface area (Å²) in [5.74, 6) is -0.0923. The van der Waals surface area contributed by atoms with E-state index in [9.17, 15) is 9.59 Å². The topological polar surface area (TPSA) is 71.3 Å². The fraction of sp³-hybridized carbons (Fsp3) is 0.185. The number of amides is 2. The Morgan fingerprint density at radius 3 is 2.21 bits per heavy atom. The van der Waals surface area contributed by atoms with Crippen LogP contribution in [0.15, 0.2) is 91.5 Å². The van der Waals surface area contributed by atoms with Gasteiger partial charge in [-0.05, 0) is 61.4 Å². The largest absolute Gasteiger partial charge is 0.305 e. The van der Waals surface area contributed by atoms with E-state index in [1.165, 1.54) is 0 Å². The third-order valence-corrected chi connectivity index (χ3v) is 6.30. The van der Waals surface area contributed by atoms with E-state index in [4.69, 9.17) is 0 Å². The third-order valence-electron chi connectivity index (χ3n) is 6.30. The molecule has 2 heterocycles. The van der Waals surface area contributed by atoms with Gasteiger partial charge in [0.2, 0.25) is 5.91 Å². The van der Waals surface area contributed by atoms with E-state index in [1.54, 1.807) is 24.1 Å². The first-order valence-corrected chi connectivity index (χ1v) is 11.3. The average molecular weight is 452 g/mol. The van der Waals surface area contributed by atoms with Crippen molar-refractivity contribution < 1.29 is 9.59 Å². The van der Waals surface area contributed by atoms with Gasteiger partial charge in [-0.1, -0.05) is 36.4 Å². The molecule has 34 heavy (non-hydrogen) atoms. The number of para-hydroxylation sites is 2. The molecule has 1 aliphatic rings. The first kappa shape index (κ1) is 21.6. The lowest BCUT2D eigenvalue weighted by atomic mass is 9.89. The number of carbonyl (C=O) groups is 2. The minimum atomic E-state index is -0.161. The maximum absolute atomic E-state index is 13.7. The van der Waals surface area contributed by atoms with Gasteiger partial charge in [0.1, 0.15) is 12.7 Å². The van der Waals surface area contributed by atoms with E-state index in [-0.39, 0.29) is 23.9 Å². The fourth-order valence-corrected chi connectivity index (χ4v) is 4.75. The molecular formula is C27H25N5O2. The van der Waals surface area contributed by atoms with Gasteiger partial charge in [0.25, 0.3) is 5.91 Å². The summed E-state index contributed by atoms with van der Waals surface area (Å²) in [6, 6.07) is 24.7. The zero-order chi connectivity index (χ0) is 23.7. The van der Waals surface area contributed by atoms with Crippen molar-refractivity contribution in [2.24, 2.45) is 0 Å². The summed E-state index contributed by atoms with van der Waals surface area (Å²) in [7, 11) is 0. The summed E-state index contributed by atoms with van der Waals surface area (Å²) in [5, 5.41) is 7.66. The van der Waals surface area contributed by atoms with E-state index < -0.39 is 0 Å². The molecule has 0 fully saturated rings. The van der Waals surface area contributed by atoms with Crippen LogP contribution in [0.25, 0.3) is 5.69 Å². The number of carbonyl (C=O) groups excluding carboxylic acids is 2. The molecule has 4 aromatic rings. The Hall–Kier alpha value is -4.26. The summed E-state index contributed by atoms with van der Waals surface area (Å²) in [6.45, 7) is 3.63. The lowest BCUT2D eigenvalue weighted by Gasteiger charge is -2.43. The van der Waals surface area contributed by atoms with Crippen LogP contribution in [0.4, 0.5) is 11.4 Å². The Labute approximate surface area is 198 Å². The van der Waals surface area contributed by atoms with E-state index in [0.717, 1.165) is 22.6 Å². The minimum Gasteiger partial charge on any atom is -0.305 e. The Morgan fingerprint density at radius 2 is 1.53 bits per heavy atom. The molecular weight excluding hydrogens is 426 g/mol. The highest BCUT2D eigenvalue weighted by Gasteiger charge is 2.38. The van der Waals surface area contributed by atoms with Gasteiger partial charge in [0, 0.05) is 35.6 Å². The van der Waals surface area contributed by atoms with Crippen LogP contribution in [0.5, 0.6) is 0 Å². The average Bonchev–Trinajstić information content (AvgIpc) is 3.40. The predicted octanol–water partition coefficient (Wildman–Crippen LogP) is 4.80. The Bertz CT molecular complexity index is 1300. The molecule has 3 aromatic carbocycles. The van der Waals surface area contributed by atoms with Gasteiger partial charge >= 0.3 is 0 Å². The number of hydrogen-bond acceptors (Lipinski definition) is 4. The van der Waals surface area contributed by atoms with Gasteiger partial charge in [-0.15, -0.1) is 10.2 Å². The first-order valence-electron chi connectivity index (χ1n) is 11.3. The SMILES string of the molecule is CC(=O)N(c1ccccc1)[C@@H]1C[C@H](C)N(C(=O)c2ccc(-n3cnnc3)cc2)c2ccccc21. The summed E-state index contributed by atoms with van der Waals surface area (Å²) in [6.07, 6.45) is 3.87. The van der Waals surface area contributed by atoms with Crippen LogP contribution >= 0.6 is 0 Å². The van der Waals surface area contributed by atoms with Gasteiger partial charge in [-0.25, -0.2) is 0 Å². The molecule has 0 radical (unpaired) electrons. The van der Waals surface area contributed by atoms with E-state index in [1.807, 2.05) is 95.6 Å². The molecule has 0 N–H and O–H groups in total. The van der Waals surface area contributed by atoms with E-state index >= 15 is 0 Å². The van der Waals surface area contributed by atoms with Gasteiger partial charge < -0.3 is 9.80 Å². The van der Waals surface area contributed by atoms with E-state index in [2.05, 4.69) is 10.2 Å². The highest BCUT2D eigenvalue weighted by molar-refractivity contribution is 6.07. The minimum absolute atomic E-state index is 0.0254. The Balaban J connectivity index is 1.50. The number of benzene rings is 3. The molecule has 0 bridgehead atoms. The second-order valence-corrected chi connectivity index (χ2v) is 8.48. The van der Waals surface area contributed by atoms with Gasteiger partial charge in [0.05, 0.1) is 6.04 Å². The molecule has 7 heteroatoms. The molecule has 0 aliphatic carbocycles. The van der Waals surface area contributed by atoms with Crippen molar-refractivity contribution in [1.82, 2.24) is 14.8 Å². The number of fused-ring (bicyclic) bond motifs is 1. The van der Waals surface area contributed by atoms with Crippen LogP contribution in [0.2, 0.25) is 0 Å². The number of hydrogen-bond donors (Lipinski definition) is 0. The quantitative estimate of drug-likeness (QED) is 0.447. The van der Waals surface area contributed by atoms with Crippen LogP contribution < -0.4 is 9.80 Å². The van der Waals surface area contributed by atoms with Gasteiger partial charge in [0.15, 0.2) is 0 Å². The van der Waals surface area contributed by atoms with Gasteiger partial charge in [-0.2, -0.15) is 0 Å². The fourth-order valence-electron chi connectivity index (χ4n) is 4.75. The molecule has 1 aliphatic heterocycles. The van der Waals surface area contributed by atoms with Crippen LogP contribution in [0.1, 0.15) is 42.2 Å². The Kier molecular flexibility index (Phi) is 5.67. The lowest BCUT2D eigenvalue weighted by molar-refractivity contribution is -0.117. The second kappa shape index (κ2) is 8.94. The summed E-state index contributed by atoms with van der Waals surface area (Å²) < 4.78 is 1.79. The van der Waals surface area contributed by atoms with Gasteiger partial charge in [-0.3, -0.25) is 14.2 Å². The van der Waals surface area contributed by atoms with Crippen molar-refractivity contribution in [2.45, 2.75) is 32.4 Å².